The van der Waals surface area contributed by atoms with Gasteiger partial charge in [-0.25, -0.2) is 9.69 Å². The van der Waals surface area contributed by atoms with Gasteiger partial charge in [0.05, 0.1) is 10.2 Å². The van der Waals surface area contributed by atoms with Gasteiger partial charge < -0.3 is 10.1 Å². The number of hydrogen-bond donors (Lipinski definition) is 1. The summed E-state index contributed by atoms with van der Waals surface area (Å²) in [7, 11) is 0. The molecule has 1 heterocycles. The Hall–Kier alpha value is -2.57. The Morgan fingerprint density at radius 3 is 2.73 bits per heavy atom. The van der Waals surface area contributed by atoms with Gasteiger partial charge in [0, 0.05) is 5.02 Å². The molecule has 0 aromatic heterocycles. The molecule has 3 rings (SSSR count). The molecule has 0 spiro atoms. The molecule has 1 aliphatic rings. The first kappa shape index (κ1) is 18.2. The highest BCUT2D eigenvalue weighted by molar-refractivity contribution is 9.10. The average Bonchev–Trinajstić information content (AvgIpc) is 2.88. The Labute approximate surface area is 164 Å². The van der Waals surface area contributed by atoms with Crippen molar-refractivity contribution in [3.05, 3.63) is 75.9 Å². The zero-order valence-corrected chi connectivity index (χ0v) is 15.9. The Balaban J connectivity index is 1.86. The van der Waals surface area contributed by atoms with Gasteiger partial charge in [0.2, 0.25) is 0 Å². The van der Waals surface area contributed by atoms with Crippen LogP contribution in [0.4, 0.5) is 10.5 Å². The molecule has 3 amide bonds. The molecule has 0 unspecified atom stereocenters. The van der Waals surface area contributed by atoms with Crippen molar-refractivity contribution in [2.45, 2.75) is 0 Å². The maximum absolute atomic E-state index is 12.6. The Morgan fingerprint density at radius 2 is 2.04 bits per heavy atom. The van der Waals surface area contributed by atoms with Crippen molar-refractivity contribution in [2.75, 3.05) is 11.5 Å². The second-order valence-corrected chi connectivity index (χ2v) is 6.69. The summed E-state index contributed by atoms with van der Waals surface area (Å²) < 4.78 is 6.23. The zero-order valence-electron chi connectivity index (χ0n) is 13.5. The quantitative estimate of drug-likeness (QED) is 0.420. The maximum atomic E-state index is 12.6. The van der Waals surface area contributed by atoms with Gasteiger partial charge in [0.25, 0.3) is 5.91 Å². The highest BCUT2D eigenvalue weighted by Crippen LogP contribution is 2.28. The fourth-order valence-corrected chi connectivity index (χ4v) is 3.12. The standard InChI is InChI=1S/C19H14BrClN2O3/c1-2-8-26-17-7-6-12(9-15(17)20)10-16-18(24)23(19(25)22-16)14-5-3-4-13(21)11-14/h2-7,9-11H,1,8H2,(H,22,25)/b16-10+. The van der Waals surface area contributed by atoms with Gasteiger partial charge in [-0.05, 0) is 57.9 Å². The summed E-state index contributed by atoms with van der Waals surface area (Å²) >= 11 is 9.37. The molecule has 0 saturated carbocycles. The lowest BCUT2D eigenvalue weighted by Gasteiger charge is -2.11. The third kappa shape index (κ3) is 3.81. The molecular formula is C19H14BrClN2O3. The molecule has 0 aliphatic carbocycles. The number of nitrogens with zero attached hydrogens (tertiary/aromatic N) is 1. The lowest BCUT2D eigenvalue weighted by molar-refractivity contribution is -0.113. The topological polar surface area (TPSA) is 58.6 Å². The van der Waals surface area contributed by atoms with E-state index in [1.54, 1.807) is 54.6 Å². The van der Waals surface area contributed by atoms with Crippen LogP contribution < -0.4 is 15.0 Å². The van der Waals surface area contributed by atoms with Crippen molar-refractivity contribution in [1.29, 1.82) is 0 Å². The Kier molecular flexibility index (Phi) is 5.44. The summed E-state index contributed by atoms with van der Waals surface area (Å²) in [5.41, 5.74) is 1.33. The lowest BCUT2D eigenvalue weighted by Crippen LogP contribution is -2.30. The van der Waals surface area contributed by atoms with Crippen molar-refractivity contribution < 1.29 is 14.3 Å². The second kappa shape index (κ2) is 7.76. The summed E-state index contributed by atoms with van der Waals surface area (Å²) in [5.74, 6) is 0.217. The predicted octanol–water partition coefficient (Wildman–Crippen LogP) is 4.76. The van der Waals surface area contributed by atoms with Crippen LogP contribution in [0.1, 0.15) is 5.56 Å². The van der Waals surface area contributed by atoms with Crippen molar-refractivity contribution in [2.24, 2.45) is 0 Å². The van der Waals surface area contributed by atoms with Crippen LogP contribution in [0.5, 0.6) is 5.75 Å². The van der Waals surface area contributed by atoms with Crippen molar-refractivity contribution in [3.8, 4) is 5.75 Å². The number of hydrogen-bond acceptors (Lipinski definition) is 3. The van der Waals surface area contributed by atoms with Gasteiger partial charge in [-0.1, -0.05) is 36.4 Å². The zero-order chi connectivity index (χ0) is 18.7. The van der Waals surface area contributed by atoms with Crippen LogP contribution in [0, 0.1) is 0 Å². The third-order valence-corrected chi connectivity index (χ3v) is 4.42. The first-order valence-electron chi connectivity index (χ1n) is 7.65. The minimum absolute atomic E-state index is 0.182. The lowest BCUT2D eigenvalue weighted by atomic mass is 10.2. The molecule has 1 saturated heterocycles. The third-order valence-electron chi connectivity index (χ3n) is 3.57. The highest BCUT2D eigenvalue weighted by atomic mass is 79.9. The Morgan fingerprint density at radius 1 is 1.23 bits per heavy atom. The number of nitrogens with one attached hydrogen (secondary N) is 1. The van der Waals surface area contributed by atoms with Gasteiger partial charge in [-0.15, -0.1) is 0 Å². The number of halogens is 2. The molecule has 132 valence electrons. The van der Waals surface area contributed by atoms with Gasteiger partial charge in [-0.2, -0.15) is 0 Å². The number of benzene rings is 2. The van der Waals surface area contributed by atoms with E-state index in [0.29, 0.717) is 23.1 Å². The van der Waals surface area contributed by atoms with E-state index in [9.17, 15) is 9.59 Å². The number of imide groups is 1. The summed E-state index contributed by atoms with van der Waals surface area (Å²) in [6.45, 7) is 3.99. The van der Waals surface area contributed by atoms with Crippen LogP contribution in [0.3, 0.4) is 0 Å². The van der Waals surface area contributed by atoms with Crippen LogP contribution in [-0.4, -0.2) is 18.5 Å². The maximum Gasteiger partial charge on any atom is 0.333 e. The molecule has 0 bridgehead atoms. The SMILES string of the molecule is C=CCOc1ccc(/C=C2/NC(=O)N(c3cccc(Cl)c3)C2=O)cc1Br. The Bertz CT molecular complexity index is 927. The largest absolute Gasteiger partial charge is 0.488 e. The van der Waals surface area contributed by atoms with Crippen LogP contribution in [0.25, 0.3) is 6.08 Å². The minimum atomic E-state index is -0.520. The summed E-state index contributed by atoms with van der Waals surface area (Å²) in [6, 6.07) is 11.4. The van der Waals surface area contributed by atoms with E-state index in [0.717, 1.165) is 14.9 Å². The van der Waals surface area contributed by atoms with Gasteiger partial charge >= 0.3 is 6.03 Å². The molecule has 5 nitrogen and oxygen atoms in total. The van der Waals surface area contributed by atoms with E-state index in [2.05, 4.69) is 27.8 Å². The van der Waals surface area contributed by atoms with Crippen LogP contribution >= 0.6 is 27.5 Å². The summed E-state index contributed by atoms with van der Waals surface area (Å²) in [6.07, 6.45) is 3.26. The van der Waals surface area contributed by atoms with Crippen LogP contribution in [0.2, 0.25) is 5.02 Å². The average molecular weight is 434 g/mol. The summed E-state index contributed by atoms with van der Waals surface area (Å²) in [5, 5.41) is 3.03. The number of ether oxygens (including phenoxy) is 1. The molecule has 2 aromatic carbocycles. The molecule has 1 fully saturated rings. The predicted molar refractivity (Wildman–Crippen MR) is 105 cm³/mol. The molecule has 2 aromatic rings. The molecule has 1 N–H and O–H groups in total. The highest BCUT2D eigenvalue weighted by Gasteiger charge is 2.34. The first-order valence-corrected chi connectivity index (χ1v) is 8.82. The number of anilines is 1. The monoisotopic (exact) mass is 432 g/mol. The minimum Gasteiger partial charge on any atom is -0.488 e. The van der Waals surface area contributed by atoms with Crippen molar-refractivity contribution in [1.82, 2.24) is 5.32 Å². The first-order chi connectivity index (χ1) is 12.5. The van der Waals surface area contributed by atoms with Crippen molar-refractivity contribution >= 4 is 51.2 Å². The van der Waals surface area contributed by atoms with Gasteiger partial charge in [0.15, 0.2) is 0 Å². The molecule has 1 aliphatic heterocycles. The van der Waals surface area contributed by atoms with E-state index >= 15 is 0 Å². The summed E-state index contributed by atoms with van der Waals surface area (Å²) in [4.78, 5) is 25.9. The fourth-order valence-electron chi connectivity index (χ4n) is 2.42. The number of carbonyl (C=O) groups excluding carboxylic acids is 2. The van der Waals surface area contributed by atoms with E-state index in [1.807, 2.05) is 0 Å². The number of urea groups is 1. The van der Waals surface area contributed by atoms with E-state index in [4.69, 9.17) is 16.3 Å². The second-order valence-electron chi connectivity index (χ2n) is 5.40. The molecule has 0 atom stereocenters. The van der Waals surface area contributed by atoms with E-state index in [1.165, 1.54) is 0 Å². The normalized spacial score (nSPS) is 15.3. The molecule has 7 heteroatoms. The number of carbonyl (C=O) groups is 2. The van der Waals surface area contributed by atoms with E-state index < -0.39 is 11.9 Å². The van der Waals surface area contributed by atoms with Crippen LogP contribution in [0.15, 0.2) is 65.3 Å². The fraction of sp³-hybridized carbons (Fsp3) is 0.0526. The van der Waals surface area contributed by atoms with Gasteiger partial charge in [-0.3, -0.25) is 4.79 Å². The van der Waals surface area contributed by atoms with Crippen molar-refractivity contribution in [3.63, 3.8) is 0 Å². The molecule has 26 heavy (non-hydrogen) atoms. The number of rotatable bonds is 5. The molecule has 0 radical (unpaired) electrons. The smallest absolute Gasteiger partial charge is 0.333 e. The van der Waals surface area contributed by atoms with E-state index in [-0.39, 0.29) is 5.70 Å². The molecular weight excluding hydrogens is 420 g/mol. The van der Waals surface area contributed by atoms with Crippen LogP contribution in [-0.2, 0) is 4.79 Å². The number of amides is 3. The van der Waals surface area contributed by atoms with Gasteiger partial charge in [0.1, 0.15) is 18.1 Å².